The lowest BCUT2D eigenvalue weighted by molar-refractivity contribution is 0.0912. The highest BCUT2D eigenvalue weighted by atomic mass is 19.1. The molecule has 1 saturated carbocycles. The Morgan fingerprint density at radius 2 is 1.47 bits per heavy atom. The van der Waals surface area contributed by atoms with E-state index in [0.29, 0.717) is 5.92 Å². The Bertz CT molecular complexity index is 325. The summed E-state index contributed by atoms with van der Waals surface area (Å²) in [6, 6.07) is 6.28. The number of benzene rings is 1. The number of aliphatic hydroxyl groups is 1. The van der Waals surface area contributed by atoms with Crippen molar-refractivity contribution in [3.63, 3.8) is 0 Å². The van der Waals surface area contributed by atoms with Crippen LogP contribution in [0.4, 0.5) is 4.39 Å². The van der Waals surface area contributed by atoms with Crippen LogP contribution in [-0.2, 0) is 0 Å². The molecular weight excluding hydrogens is 215 g/mol. The van der Waals surface area contributed by atoms with Crippen LogP contribution in [0.2, 0.25) is 0 Å². The fourth-order valence-corrected chi connectivity index (χ4v) is 2.74. The molecule has 2 heteroatoms. The Kier molecular flexibility index (Phi) is 4.55. The Labute approximate surface area is 103 Å². The third kappa shape index (κ3) is 3.53. The van der Waals surface area contributed by atoms with Crippen molar-refractivity contribution in [2.75, 3.05) is 0 Å². The molecule has 0 aliphatic heterocycles. The van der Waals surface area contributed by atoms with Crippen molar-refractivity contribution < 1.29 is 9.50 Å². The predicted octanol–water partition coefficient (Wildman–Crippen LogP) is 4.22. The normalized spacial score (nSPS) is 20.6. The van der Waals surface area contributed by atoms with Gasteiger partial charge in [0, 0.05) is 0 Å². The second-order valence-electron chi connectivity index (χ2n) is 5.10. The second kappa shape index (κ2) is 6.15. The van der Waals surface area contributed by atoms with Gasteiger partial charge in [-0.25, -0.2) is 4.39 Å². The van der Waals surface area contributed by atoms with E-state index in [2.05, 4.69) is 0 Å². The van der Waals surface area contributed by atoms with Crippen molar-refractivity contribution in [1.82, 2.24) is 0 Å². The molecule has 1 nitrogen and oxygen atoms in total. The maximum absolute atomic E-state index is 12.8. The summed E-state index contributed by atoms with van der Waals surface area (Å²) >= 11 is 0. The molecule has 1 atom stereocenters. The Hall–Kier alpha value is -0.890. The zero-order chi connectivity index (χ0) is 12.1. The minimum absolute atomic E-state index is 0.237. The van der Waals surface area contributed by atoms with E-state index in [1.165, 1.54) is 44.2 Å². The fourth-order valence-electron chi connectivity index (χ4n) is 2.74. The van der Waals surface area contributed by atoms with Gasteiger partial charge < -0.3 is 5.11 Å². The lowest BCUT2D eigenvalue weighted by Gasteiger charge is -2.25. The zero-order valence-electron chi connectivity index (χ0n) is 10.2. The average Bonchev–Trinajstić information content (AvgIpc) is 2.29. The summed E-state index contributed by atoms with van der Waals surface area (Å²) in [6.45, 7) is 0. The molecule has 1 fully saturated rings. The molecule has 1 aliphatic carbocycles. The third-order valence-electron chi connectivity index (χ3n) is 3.81. The highest BCUT2D eigenvalue weighted by Crippen LogP contribution is 2.32. The van der Waals surface area contributed by atoms with Gasteiger partial charge in [-0.05, 0) is 36.5 Å². The number of aliphatic hydroxyl groups excluding tert-OH is 1. The van der Waals surface area contributed by atoms with Gasteiger partial charge in [0.1, 0.15) is 5.82 Å². The van der Waals surface area contributed by atoms with E-state index in [1.807, 2.05) is 0 Å². The summed E-state index contributed by atoms with van der Waals surface area (Å²) in [7, 11) is 0. The molecule has 2 rings (SSSR count). The predicted molar refractivity (Wildman–Crippen MR) is 67.2 cm³/mol. The van der Waals surface area contributed by atoms with Crippen molar-refractivity contribution in [1.29, 1.82) is 0 Å². The maximum atomic E-state index is 12.8. The van der Waals surface area contributed by atoms with Crippen LogP contribution in [0.15, 0.2) is 24.3 Å². The molecule has 0 bridgehead atoms. The van der Waals surface area contributed by atoms with Crippen LogP contribution in [0.25, 0.3) is 0 Å². The van der Waals surface area contributed by atoms with Crippen molar-refractivity contribution in [2.24, 2.45) is 5.92 Å². The zero-order valence-corrected chi connectivity index (χ0v) is 10.2. The van der Waals surface area contributed by atoms with Gasteiger partial charge in [0.05, 0.1) is 6.10 Å². The van der Waals surface area contributed by atoms with E-state index in [4.69, 9.17) is 0 Å². The summed E-state index contributed by atoms with van der Waals surface area (Å²) in [5.74, 6) is 0.111. The molecule has 0 heterocycles. The number of rotatable bonds is 2. The standard InChI is InChI=1S/C15H21FO/c16-14-10-8-13(9-11-14)15(17)12-6-4-2-1-3-5-7-12/h8-12,15,17H,1-7H2. The lowest BCUT2D eigenvalue weighted by Crippen LogP contribution is -2.14. The highest BCUT2D eigenvalue weighted by Gasteiger charge is 2.21. The Morgan fingerprint density at radius 1 is 0.941 bits per heavy atom. The number of hydrogen-bond donors (Lipinski definition) is 1. The van der Waals surface area contributed by atoms with E-state index in [-0.39, 0.29) is 5.82 Å². The quantitative estimate of drug-likeness (QED) is 0.815. The Balaban J connectivity index is 2.01. The molecule has 1 aromatic carbocycles. The van der Waals surface area contributed by atoms with E-state index in [1.54, 1.807) is 12.1 Å². The van der Waals surface area contributed by atoms with Gasteiger partial charge in [-0.1, -0.05) is 44.2 Å². The van der Waals surface area contributed by atoms with Crippen molar-refractivity contribution in [3.8, 4) is 0 Å². The fraction of sp³-hybridized carbons (Fsp3) is 0.600. The summed E-state index contributed by atoms with van der Waals surface area (Å²) < 4.78 is 12.8. The van der Waals surface area contributed by atoms with Gasteiger partial charge in [0.15, 0.2) is 0 Å². The molecule has 0 amide bonds. The van der Waals surface area contributed by atoms with E-state index in [9.17, 15) is 9.50 Å². The van der Waals surface area contributed by atoms with E-state index >= 15 is 0 Å². The molecule has 94 valence electrons. The molecule has 1 aliphatic rings. The summed E-state index contributed by atoms with van der Waals surface area (Å²) in [4.78, 5) is 0. The summed E-state index contributed by atoms with van der Waals surface area (Å²) in [6.07, 6.45) is 8.09. The molecule has 0 aromatic heterocycles. The topological polar surface area (TPSA) is 20.2 Å². The van der Waals surface area contributed by atoms with Crippen LogP contribution in [0.5, 0.6) is 0 Å². The van der Waals surface area contributed by atoms with Gasteiger partial charge in [0.2, 0.25) is 0 Å². The molecule has 17 heavy (non-hydrogen) atoms. The summed E-state index contributed by atoms with van der Waals surface area (Å²) in [5.41, 5.74) is 0.858. The number of hydrogen-bond acceptors (Lipinski definition) is 1. The van der Waals surface area contributed by atoms with Crippen LogP contribution in [-0.4, -0.2) is 5.11 Å². The first kappa shape index (κ1) is 12.6. The van der Waals surface area contributed by atoms with E-state index < -0.39 is 6.10 Å². The molecular formula is C15H21FO. The second-order valence-corrected chi connectivity index (χ2v) is 5.10. The van der Waals surface area contributed by atoms with Crippen LogP contribution in [0.1, 0.15) is 56.6 Å². The minimum atomic E-state index is -0.423. The first-order chi connectivity index (χ1) is 8.27. The molecule has 0 saturated heterocycles. The lowest BCUT2D eigenvalue weighted by atomic mass is 9.84. The van der Waals surface area contributed by atoms with Crippen LogP contribution < -0.4 is 0 Å². The van der Waals surface area contributed by atoms with Crippen LogP contribution in [0.3, 0.4) is 0 Å². The number of halogens is 1. The van der Waals surface area contributed by atoms with Gasteiger partial charge in [-0.2, -0.15) is 0 Å². The first-order valence-corrected chi connectivity index (χ1v) is 6.71. The molecule has 0 radical (unpaired) electrons. The van der Waals surface area contributed by atoms with Crippen LogP contribution in [0, 0.1) is 11.7 Å². The first-order valence-electron chi connectivity index (χ1n) is 6.71. The third-order valence-corrected chi connectivity index (χ3v) is 3.81. The van der Waals surface area contributed by atoms with Crippen molar-refractivity contribution >= 4 is 0 Å². The van der Waals surface area contributed by atoms with Crippen LogP contribution >= 0.6 is 0 Å². The largest absolute Gasteiger partial charge is 0.388 e. The highest BCUT2D eigenvalue weighted by molar-refractivity contribution is 5.19. The molecule has 1 N–H and O–H groups in total. The summed E-state index contributed by atoms with van der Waals surface area (Å²) in [5, 5.41) is 10.3. The molecule has 1 unspecified atom stereocenters. The Morgan fingerprint density at radius 3 is 2.06 bits per heavy atom. The van der Waals surface area contributed by atoms with Gasteiger partial charge in [-0.3, -0.25) is 0 Å². The van der Waals surface area contributed by atoms with Gasteiger partial charge >= 0.3 is 0 Å². The molecule has 0 spiro atoms. The average molecular weight is 236 g/mol. The monoisotopic (exact) mass is 236 g/mol. The molecule has 1 aromatic rings. The van der Waals surface area contributed by atoms with Crippen molar-refractivity contribution in [2.45, 2.75) is 51.0 Å². The van der Waals surface area contributed by atoms with E-state index in [0.717, 1.165) is 18.4 Å². The van der Waals surface area contributed by atoms with Gasteiger partial charge in [0.25, 0.3) is 0 Å². The smallest absolute Gasteiger partial charge is 0.123 e. The van der Waals surface area contributed by atoms with Crippen molar-refractivity contribution in [3.05, 3.63) is 35.6 Å². The maximum Gasteiger partial charge on any atom is 0.123 e. The SMILES string of the molecule is OC(c1ccc(F)cc1)C1CCCCCCC1. The minimum Gasteiger partial charge on any atom is -0.388 e. The van der Waals surface area contributed by atoms with Gasteiger partial charge in [-0.15, -0.1) is 0 Å².